The Morgan fingerprint density at radius 1 is 0.804 bits per heavy atom. The minimum Gasteiger partial charge on any atom is -0.462 e. The third-order valence-corrected chi connectivity index (χ3v) is 8.08. The number of esters is 4. The van der Waals surface area contributed by atoms with E-state index in [2.05, 4.69) is 13.2 Å². The molecule has 1 heterocycles. The fourth-order valence-corrected chi connectivity index (χ4v) is 5.58. The molecule has 1 aliphatic rings. The van der Waals surface area contributed by atoms with Gasteiger partial charge in [-0.15, -0.1) is 0 Å². The minimum absolute atomic E-state index is 0.00741. The molecule has 4 rings (SSSR count). The van der Waals surface area contributed by atoms with E-state index < -0.39 is 35.2 Å². The molecule has 1 aromatic heterocycles. The number of nitrogens with zero attached hydrogens (tertiary/aromatic N) is 2. The first-order valence-electron chi connectivity index (χ1n) is 15.2. The predicted octanol–water partition coefficient (Wildman–Crippen LogP) is 5.64. The largest absolute Gasteiger partial charge is 0.462 e. The van der Waals surface area contributed by atoms with Crippen molar-refractivity contribution >= 4 is 34.9 Å². The van der Waals surface area contributed by atoms with Gasteiger partial charge in [0.2, 0.25) is 0 Å². The maximum Gasteiger partial charge on any atom is 0.333 e. The SMILES string of the molecule is C=C(C)C(=O)OCCOC(=O)CCC1(CC(C)C(=O)OCCOC(=O)C(=C)C)c2ccccc2-c2nc3cc(C)c(C)cc3nc21. The summed E-state index contributed by atoms with van der Waals surface area (Å²) in [6, 6.07) is 11.8. The Labute approximate surface area is 268 Å². The highest BCUT2D eigenvalue weighted by atomic mass is 16.6. The number of ether oxygens (including phenoxy) is 4. The maximum atomic E-state index is 13.2. The van der Waals surface area contributed by atoms with Crippen LogP contribution in [0.1, 0.15) is 62.4 Å². The molecule has 0 N–H and O–H groups in total. The van der Waals surface area contributed by atoms with E-state index in [1.165, 1.54) is 13.8 Å². The molecule has 0 saturated carbocycles. The van der Waals surface area contributed by atoms with Gasteiger partial charge in [-0.1, -0.05) is 44.3 Å². The number of rotatable bonds is 14. The Bertz CT molecular complexity index is 1710. The number of aromatic nitrogens is 2. The molecule has 1 aliphatic carbocycles. The summed E-state index contributed by atoms with van der Waals surface area (Å²) >= 11 is 0. The van der Waals surface area contributed by atoms with Gasteiger partial charge in [-0.25, -0.2) is 19.6 Å². The van der Waals surface area contributed by atoms with Crippen LogP contribution in [0.4, 0.5) is 0 Å². The van der Waals surface area contributed by atoms with Crippen LogP contribution in [0, 0.1) is 19.8 Å². The zero-order valence-corrected chi connectivity index (χ0v) is 27.1. The van der Waals surface area contributed by atoms with Gasteiger partial charge in [0.05, 0.1) is 28.3 Å². The fraction of sp³-hybridized carbons (Fsp3) is 0.389. The summed E-state index contributed by atoms with van der Waals surface area (Å²) in [4.78, 5) is 59.7. The first kappa shape index (κ1) is 34.0. The maximum absolute atomic E-state index is 13.2. The monoisotopic (exact) mass is 628 g/mol. The zero-order chi connectivity index (χ0) is 33.6. The lowest BCUT2D eigenvalue weighted by molar-refractivity contribution is -0.153. The topological polar surface area (TPSA) is 131 Å². The average molecular weight is 629 g/mol. The van der Waals surface area contributed by atoms with Crippen LogP contribution in [0.15, 0.2) is 60.7 Å². The predicted molar refractivity (Wildman–Crippen MR) is 172 cm³/mol. The number of benzene rings is 2. The number of aryl methyl sites for hydroxylation is 2. The Hall–Kier alpha value is -4.86. The first-order valence-corrected chi connectivity index (χ1v) is 15.2. The minimum atomic E-state index is -0.873. The molecule has 46 heavy (non-hydrogen) atoms. The van der Waals surface area contributed by atoms with E-state index in [0.29, 0.717) is 11.4 Å². The average Bonchev–Trinajstić information content (AvgIpc) is 3.27. The molecule has 10 heteroatoms. The van der Waals surface area contributed by atoms with Gasteiger partial charge < -0.3 is 18.9 Å². The molecule has 3 aromatic rings. The van der Waals surface area contributed by atoms with Crippen LogP contribution < -0.4 is 0 Å². The van der Waals surface area contributed by atoms with Crippen molar-refractivity contribution in [2.75, 3.05) is 26.4 Å². The molecule has 0 saturated heterocycles. The molecule has 2 atom stereocenters. The smallest absolute Gasteiger partial charge is 0.333 e. The molecule has 0 aliphatic heterocycles. The van der Waals surface area contributed by atoms with Gasteiger partial charge in [-0.3, -0.25) is 9.59 Å². The number of carbonyl (C=O) groups excluding carboxylic acids is 4. The number of hydrogen-bond acceptors (Lipinski definition) is 10. The summed E-state index contributed by atoms with van der Waals surface area (Å²) < 4.78 is 20.9. The fourth-order valence-electron chi connectivity index (χ4n) is 5.58. The van der Waals surface area contributed by atoms with E-state index in [-0.39, 0.29) is 56.8 Å². The van der Waals surface area contributed by atoms with Crippen molar-refractivity contribution in [3.8, 4) is 11.3 Å². The summed E-state index contributed by atoms with van der Waals surface area (Å²) in [5, 5.41) is 0. The van der Waals surface area contributed by atoms with Gasteiger partial charge in [0.25, 0.3) is 0 Å². The molecule has 10 nitrogen and oxygen atoms in total. The Balaban J connectivity index is 1.63. The quantitative estimate of drug-likeness (QED) is 0.0956. The Kier molecular flexibility index (Phi) is 10.7. The Morgan fingerprint density at radius 3 is 1.96 bits per heavy atom. The van der Waals surface area contributed by atoms with E-state index in [1.807, 2.05) is 50.2 Å². The standard InChI is InChI=1S/C36H40N2O8/c1-21(2)33(40)44-15-14-43-30(39)12-13-36(20-25(7)35(42)46-17-16-45-34(41)22(3)4)27-11-9-8-10-26(27)31-32(36)38-29-19-24(6)23(5)18-28(29)37-31/h8-11,18-19,25H,1,3,12-17,20H2,2,4-7H3. The molecule has 2 unspecified atom stereocenters. The molecule has 0 fully saturated rings. The molecule has 0 radical (unpaired) electrons. The second-order valence-corrected chi connectivity index (χ2v) is 11.8. The molecule has 0 amide bonds. The van der Waals surface area contributed by atoms with Crippen molar-refractivity contribution in [2.45, 2.75) is 59.3 Å². The van der Waals surface area contributed by atoms with Crippen molar-refractivity contribution in [1.82, 2.24) is 9.97 Å². The van der Waals surface area contributed by atoms with Crippen molar-refractivity contribution in [1.29, 1.82) is 0 Å². The third-order valence-electron chi connectivity index (χ3n) is 8.08. The molecular formula is C36H40N2O8. The van der Waals surface area contributed by atoms with Gasteiger partial charge in [0, 0.05) is 28.5 Å². The molecule has 0 spiro atoms. The summed E-state index contributed by atoms with van der Waals surface area (Å²) in [6.07, 6.45) is 0.559. The van der Waals surface area contributed by atoms with Crippen LogP contribution in [0.5, 0.6) is 0 Å². The number of fused-ring (bicyclic) bond motifs is 4. The van der Waals surface area contributed by atoms with Crippen molar-refractivity contribution < 1.29 is 38.1 Å². The lowest BCUT2D eigenvalue weighted by Crippen LogP contribution is -2.33. The Morgan fingerprint density at radius 2 is 1.35 bits per heavy atom. The highest BCUT2D eigenvalue weighted by Crippen LogP contribution is 2.53. The molecule has 2 aromatic carbocycles. The third kappa shape index (κ3) is 7.50. The summed E-state index contributed by atoms with van der Waals surface area (Å²) in [7, 11) is 0. The van der Waals surface area contributed by atoms with E-state index in [4.69, 9.17) is 28.9 Å². The van der Waals surface area contributed by atoms with Gasteiger partial charge >= 0.3 is 23.9 Å². The van der Waals surface area contributed by atoms with E-state index in [9.17, 15) is 19.2 Å². The second kappa shape index (κ2) is 14.5. The molecule has 0 bridgehead atoms. The van der Waals surface area contributed by atoms with Gasteiger partial charge in [-0.05, 0) is 69.4 Å². The van der Waals surface area contributed by atoms with Gasteiger partial charge in [-0.2, -0.15) is 0 Å². The molecule has 242 valence electrons. The zero-order valence-electron chi connectivity index (χ0n) is 27.1. The van der Waals surface area contributed by atoms with Crippen LogP contribution in [-0.4, -0.2) is 60.3 Å². The summed E-state index contributed by atoms with van der Waals surface area (Å²) in [5.74, 6) is -2.68. The van der Waals surface area contributed by atoms with Crippen LogP contribution in [0.2, 0.25) is 0 Å². The van der Waals surface area contributed by atoms with E-state index in [1.54, 1.807) is 6.92 Å². The van der Waals surface area contributed by atoms with Gasteiger partial charge in [0.15, 0.2) is 0 Å². The highest BCUT2D eigenvalue weighted by Gasteiger charge is 2.47. The van der Waals surface area contributed by atoms with Crippen LogP contribution in [0.3, 0.4) is 0 Å². The normalized spacial score (nSPS) is 15.3. The van der Waals surface area contributed by atoms with Crippen LogP contribution in [0.25, 0.3) is 22.3 Å². The van der Waals surface area contributed by atoms with E-state index in [0.717, 1.165) is 33.3 Å². The van der Waals surface area contributed by atoms with Crippen LogP contribution >= 0.6 is 0 Å². The second-order valence-electron chi connectivity index (χ2n) is 11.8. The van der Waals surface area contributed by atoms with Gasteiger partial charge in [0.1, 0.15) is 26.4 Å². The molecular weight excluding hydrogens is 588 g/mol. The summed E-state index contributed by atoms with van der Waals surface area (Å²) in [5.41, 5.74) is 6.47. The highest BCUT2D eigenvalue weighted by molar-refractivity contribution is 5.88. The number of hydrogen-bond donors (Lipinski definition) is 0. The first-order chi connectivity index (χ1) is 21.8. The lowest BCUT2D eigenvalue weighted by atomic mass is 9.71. The van der Waals surface area contributed by atoms with Crippen molar-refractivity contribution in [3.05, 3.63) is 83.1 Å². The number of carbonyl (C=O) groups is 4. The lowest BCUT2D eigenvalue weighted by Gasteiger charge is -2.33. The van der Waals surface area contributed by atoms with E-state index >= 15 is 0 Å². The van der Waals surface area contributed by atoms with Crippen molar-refractivity contribution in [2.24, 2.45) is 5.92 Å². The van der Waals surface area contributed by atoms with Crippen LogP contribution in [-0.2, 0) is 43.5 Å². The van der Waals surface area contributed by atoms with Crippen molar-refractivity contribution in [3.63, 3.8) is 0 Å². The summed E-state index contributed by atoms with van der Waals surface area (Å²) in [6.45, 7) is 15.6.